The zero-order chi connectivity index (χ0) is 13.1. The van der Waals surface area contributed by atoms with Gasteiger partial charge in [-0.2, -0.15) is 0 Å². The highest BCUT2D eigenvalue weighted by molar-refractivity contribution is 5.72. The summed E-state index contributed by atoms with van der Waals surface area (Å²) < 4.78 is 21.1. The molecule has 0 heterocycles. The number of allylic oxidation sites excluding steroid dienone is 1. The summed E-state index contributed by atoms with van der Waals surface area (Å²) in [7, 11) is 0. The molecule has 0 rings (SSSR count). The van der Waals surface area contributed by atoms with Crippen LogP contribution in [0.4, 0.5) is 4.39 Å². The molecule has 0 spiro atoms. The van der Waals surface area contributed by atoms with Crippen molar-refractivity contribution in [3.8, 4) is 0 Å². The summed E-state index contributed by atoms with van der Waals surface area (Å²) in [6.45, 7) is 3.18. The third-order valence-corrected chi connectivity index (χ3v) is 1.84. The van der Waals surface area contributed by atoms with Crippen LogP contribution in [0.5, 0.6) is 0 Å². The predicted molar refractivity (Wildman–Crippen MR) is 61.2 cm³/mol. The molecule has 0 amide bonds. The number of hydrogen-bond donors (Lipinski definition) is 0. The van der Waals surface area contributed by atoms with E-state index >= 15 is 0 Å². The molecule has 0 aliphatic carbocycles. The minimum absolute atomic E-state index is 0.109. The van der Waals surface area contributed by atoms with Crippen molar-refractivity contribution in [3.05, 3.63) is 11.6 Å². The lowest BCUT2D eigenvalue weighted by Crippen LogP contribution is -2.09. The number of carbonyl (C=O) groups excluding carboxylic acids is 2. The average molecular weight is 246 g/mol. The van der Waals surface area contributed by atoms with Crippen LogP contribution in [0, 0.1) is 0 Å². The molecule has 0 aromatic carbocycles. The molecule has 4 nitrogen and oxygen atoms in total. The molecule has 98 valence electrons. The monoisotopic (exact) mass is 246 g/mol. The van der Waals surface area contributed by atoms with Gasteiger partial charge in [0.15, 0.2) is 0 Å². The van der Waals surface area contributed by atoms with Gasteiger partial charge >= 0.3 is 11.9 Å². The Morgan fingerprint density at radius 2 is 1.71 bits per heavy atom. The van der Waals surface area contributed by atoms with Gasteiger partial charge in [0.2, 0.25) is 0 Å². The molecule has 0 aliphatic heterocycles. The van der Waals surface area contributed by atoms with Gasteiger partial charge in [-0.05, 0) is 26.3 Å². The highest BCUT2D eigenvalue weighted by Crippen LogP contribution is 2.00. The number of esters is 2. The van der Waals surface area contributed by atoms with Crippen LogP contribution in [0.15, 0.2) is 11.6 Å². The van der Waals surface area contributed by atoms with Crippen molar-refractivity contribution in [1.29, 1.82) is 0 Å². The lowest BCUT2D eigenvalue weighted by molar-refractivity contribution is -0.145. The van der Waals surface area contributed by atoms with Gasteiger partial charge in [0.25, 0.3) is 0 Å². The van der Waals surface area contributed by atoms with E-state index in [-0.39, 0.29) is 32.0 Å². The van der Waals surface area contributed by atoms with Gasteiger partial charge in [0.05, 0.1) is 0 Å². The lowest BCUT2D eigenvalue weighted by Gasteiger charge is -2.03. The molecule has 0 radical (unpaired) electrons. The number of hydrogen-bond acceptors (Lipinski definition) is 4. The highest BCUT2D eigenvalue weighted by atomic mass is 19.1. The highest BCUT2D eigenvalue weighted by Gasteiger charge is 2.06. The first-order chi connectivity index (χ1) is 8.06. The molecule has 0 fully saturated rings. The van der Waals surface area contributed by atoms with Crippen LogP contribution >= 0.6 is 0 Å². The van der Waals surface area contributed by atoms with E-state index in [1.807, 2.05) is 13.8 Å². The van der Waals surface area contributed by atoms with E-state index < -0.39 is 12.6 Å². The lowest BCUT2D eigenvalue weighted by atomic mass is 10.2. The van der Waals surface area contributed by atoms with Gasteiger partial charge in [-0.15, -0.1) is 0 Å². The van der Waals surface area contributed by atoms with Crippen LogP contribution in [0.3, 0.4) is 0 Å². The SMILES string of the molecule is CC(C)=CCOC(=O)CCCC(=O)OCCF. The van der Waals surface area contributed by atoms with Crippen LogP contribution in [-0.2, 0) is 19.1 Å². The van der Waals surface area contributed by atoms with Gasteiger partial charge in [-0.3, -0.25) is 9.59 Å². The summed E-state index contributed by atoms with van der Waals surface area (Å²) in [6, 6.07) is 0. The molecule has 0 unspecified atom stereocenters. The second kappa shape index (κ2) is 9.81. The van der Waals surface area contributed by atoms with Crippen molar-refractivity contribution >= 4 is 11.9 Å². The summed E-state index contributed by atoms with van der Waals surface area (Å²) in [6.07, 6.45) is 2.44. The first-order valence-corrected chi connectivity index (χ1v) is 5.57. The molecular formula is C12H19FO4. The van der Waals surface area contributed by atoms with Gasteiger partial charge < -0.3 is 9.47 Å². The van der Waals surface area contributed by atoms with Crippen LogP contribution < -0.4 is 0 Å². The standard InChI is InChI=1S/C12H19FO4/c1-10(2)6-8-16-11(14)4-3-5-12(15)17-9-7-13/h6H,3-5,7-9H2,1-2H3. The molecule has 0 aromatic heterocycles. The summed E-state index contributed by atoms with van der Waals surface area (Å²) in [5, 5.41) is 0. The minimum atomic E-state index is -0.684. The van der Waals surface area contributed by atoms with E-state index in [1.54, 1.807) is 6.08 Å². The Hall–Kier alpha value is -1.39. The number of rotatable bonds is 8. The van der Waals surface area contributed by atoms with Gasteiger partial charge in [0.1, 0.15) is 19.9 Å². The summed E-state index contributed by atoms with van der Waals surface area (Å²) in [5.41, 5.74) is 1.08. The van der Waals surface area contributed by atoms with Gasteiger partial charge in [-0.25, -0.2) is 4.39 Å². The van der Waals surface area contributed by atoms with Crippen molar-refractivity contribution in [2.24, 2.45) is 0 Å². The Kier molecular flexibility index (Phi) is 9.01. The van der Waals surface area contributed by atoms with Crippen molar-refractivity contribution in [2.45, 2.75) is 33.1 Å². The molecule has 0 aliphatic rings. The summed E-state index contributed by atoms with van der Waals surface area (Å²) >= 11 is 0. The van der Waals surface area contributed by atoms with Crippen molar-refractivity contribution < 1.29 is 23.5 Å². The normalized spacial score (nSPS) is 9.59. The number of halogens is 1. The quantitative estimate of drug-likeness (QED) is 0.486. The fraction of sp³-hybridized carbons (Fsp3) is 0.667. The Labute approximate surface area is 101 Å². The van der Waals surface area contributed by atoms with E-state index in [4.69, 9.17) is 4.74 Å². The number of ether oxygens (including phenoxy) is 2. The fourth-order valence-corrected chi connectivity index (χ4v) is 0.975. The second-order valence-electron chi connectivity index (χ2n) is 3.73. The summed E-state index contributed by atoms with van der Waals surface area (Å²) in [5.74, 6) is -0.833. The third-order valence-electron chi connectivity index (χ3n) is 1.84. The Bertz CT molecular complexity index is 270. The van der Waals surface area contributed by atoms with E-state index in [9.17, 15) is 14.0 Å². The molecule has 5 heteroatoms. The Morgan fingerprint density at radius 1 is 1.12 bits per heavy atom. The summed E-state index contributed by atoms with van der Waals surface area (Å²) in [4.78, 5) is 22.1. The topological polar surface area (TPSA) is 52.6 Å². The zero-order valence-electron chi connectivity index (χ0n) is 10.3. The van der Waals surface area contributed by atoms with Gasteiger partial charge in [0, 0.05) is 12.8 Å². The van der Waals surface area contributed by atoms with Crippen LogP contribution in [-0.4, -0.2) is 31.8 Å². The van der Waals surface area contributed by atoms with Crippen LogP contribution in [0.2, 0.25) is 0 Å². The van der Waals surface area contributed by atoms with E-state index in [0.717, 1.165) is 5.57 Å². The zero-order valence-corrected chi connectivity index (χ0v) is 10.3. The maximum atomic E-state index is 11.7. The molecule has 0 aromatic rings. The Morgan fingerprint density at radius 3 is 2.24 bits per heavy atom. The first kappa shape index (κ1) is 15.6. The molecular weight excluding hydrogens is 227 g/mol. The van der Waals surface area contributed by atoms with Crippen molar-refractivity contribution in [1.82, 2.24) is 0 Å². The largest absolute Gasteiger partial charge is 0.463 e. The third kappa shape index (κ3) is 10.9. The van der Waals surface area contributed by atoms with E-state index in [2.05, 4.69) is 4.74 Å². The molecule has 0 saturated heterocycles. The molecule has 0 atom stereocenters. The Balaban J connectivity index is 3.51. The molecule has 0 bridgehead atoms. The number of alkyl halides is 1. The van der Waals surface area contributed by atoms with Crippen molar-refractivity contribution in [2.75, 3.05) is 19.9 Å². The van der Waals surface area contributed by atoms with Gasteiger partial charge in [-0.1, -0.05) is 5.57 Å². The van der Waals surface area contributed by atoms with E-state index in [1.165, 1.54) is 0 Å². The number of carbonyl (C=O) groups is 2. The maximum absolute atomic E-state index is 11.7. The molecule has 0 saturated carbocycles. The second-order valence-corrected chi connectivity index (χ2v) is 3.73. The average Bonchev–Trinajstić information content (AvgIpc) is 2.25. The smallest absolute Gasteiger partial charge is 0.306 e. The minimum Gasteiger partial charge on any atom is -0.463 e. The maximum Gasteiger partial charge on any atom is 0.306 e. The first-order valence-electron chi connectivity index (χ1n) is 5.57. The fourth-order valence-electron chi connectivity index (χ4n) is 0.975. The van der Waals surface area contributed by atoms with Crippen molar-refractivity contribution in [3.63, 3.8) is 0 Å². The van der Waals surface area contributed by atoms with Crippen LogP contribution in [0.1, 0.15) is 33.1 Å². The van der Waals surface area contributed by atoms with E-state index in [0.29, 0.717) is 6.42 Å². The predicted octanol–water partition coefficient (Wildman–Crippen LogP) is 2.18. The molecule has 0 N–H and O–H groups in total. The van der Waals surface area contributed by atoms with Crippen LogP contribution in [0.25, 0.3) is 0 Å². The molecule has 17 heavy (non-hydrogen) atoms.